The molecule has 3 heterocycles. The summed E-state index contributed by atoms with van der Waals surface area (Å²) in [6.07, 6.45) is 8.31. The molecule has 142 valence electrons. The Kier molecular flexibility index (Phi) is 4.83. The molecule has 1 aromatic carbocycles. The summed E-state index contributed by atoms with van der Waals surface area (Å²) in [5.41, 5.74) is 3.54. The van der Waals surface area contributed by atoms with Crippen molar-refractivity contribution in [3.8, 4) is 0 Å². The van der Waals surface area contributed by atoms with Crippen LogP contribution in [0.25, 0.3) is 10.9 Å². The van der Waals surface area contributed by atoms with Gasteiger partial charge in [-0.2, -0.15) is 5.10 Å². The van der Waals surface area contributed by atoms with Gasteiger partial charge in [0.2, 0.25) is 0 Å². The molecule has 4 rings (SSSR count). The lowest BCUT2D eigenvalue weighted by Crippen LogP contribution is -2.41. The van der Waals surface area contributed by atoms with Gasteiger partial charge in [0.15, 0.2) is 0 Å². The Hall–Kier alpha value is -2.47. The number of fused-ring (bicyclic) bond motifs is 1. The molecule has 0 N–H and O–H groups in total. The highest BCUT2D eigenvalue weighted by Crippen LogP contribution is 2.36. The highest BCUT2D eigenvalue weighted by atomic mass is 15.3. The molecule has 27 heavy (non-hydrogen) atoms. The van der Waals surface area contributed by atoms with Crippen molar-refractivity contribution in [3.05, 3.63) is 48.0 Å². The summed E-state index contributed by atoms with van der Waals surface area (Å²) in [6.45, 7) is 4.20. The largest absolute Gasteiger partial charge is 0.359 e. The molecule has 0 spiro atoms. The fourth-order valence-electron chi connectivity index (χ4n) is 4.53. The van der Waals surface area contributed by atoms with E-state index in [2.05, 4.69) is 70.3 Å². The average molecular weight is 364 g/mol. The first kappa shape index (κ1) is 17.9. The summed E-state index contributed by atoms with van der Waals surface area (Å²) in [7, 11) is 6.37. The number of likely N-dealkylation sites (tertiary alicyclic amines) is 1. The molecule has 2 atom stereocenters. The van der Waals surface area contributed by atoms with Crippen LogP contribution < -0.4 is 4.90 Å². The van der Waals surface area contributed by atoms with Crippen molar-refractivity contribution in [3.63, 3.8) is 0 Å². The Morgan fingerprint density at radius 1 is 1.22 bits per heavy atom. The van der Waals surface area contributed by atoms with Crippen LogP contribution >= 0.6 is 0 Å². The van der Waals surface area contributed by atoms with E-state index < -0.39 is 0 Å². The minimum atomic E-state index is 0.393. The van der Waals surface area contributed by atoms with E-state index in [9.17, 15) is 0 Å². The van der Waals surface area contributed by atoms with Crippen molar-refractivity contribution in [2.24, 2.45) is 13.0 Å². The Balaban J connectivity index is 1.63. The third kappa shape index (κ3) is 3.41. The summed E-state index contributed by atoms with van der Waals surface area (Å²) in [5.74, 6) is 1.55. The predicted molar refractivity (Wildman–Crippen MR) is 109 cm³/mol. The number of aryl methyl sites for hydroxylation is 2. The minimum absolute atomic E-state index is 0.393. The fraction of sp³-hybridized carbons (Fsp3) is 0.476. The molecule has 0 amide bonds. The number of piperidine rings is 1. The SMILES string of the molecule is Cc1cccc2c(N(C)C[C@@H]3CCCN(C)[C@H]3c3cnn(C)c3)ncnc12. The third-order valence-electron chi connectivity index (χ3n) is 5.79. The third-order valence-corrected chi connectivity index (χ3v) is 5.79. The Morgan fingerprint density at radius 2 is 2.07 bits per heavy atom. The van der Waals surface area contributed by atoms with Gasteiger partial charge in [-0.1, -0.05) is 12.1 Å². The van der Waals surface area contributed by atoms with Crippen LogP contribution in [0.3, 0.4) is 0 Å². The molecule has 0 saturated carbocycles. The molecule has 2 aromatic heterocycles. The van der Waals surface area contributed by atoms with Gasteiger partial charge >= 0.3 is 0 Å². The molecule has 1 fully saturated rings. The van der Waals surface area contributed by atoms with Crippen LogP contribution in [0, 0.1) is 12.8 Å². The van der Waals surface area contributed by atoms with Gasteiger partial charge in [-0.05, 0) is 50.9 Å². The minimum Gasteiger partial charge on any atom is -0.359 e. The summed E-state index contributed by atoms with van der Waals surface area (Å²) < 4.78 is 1.90. The van der Waals surface area contributed by atoms with E-state index in [1.54, 1.807) is 6.33 Å². The fourth-order valence-corrected chi connectivity index (χ4v) is 4.53. The second-order valence-electron chi connectivity index (χ2n) is 7.82. The van der Waals surface area contributed by atoms with Crippen molar-refractivity contribution in [2.75, 3.05) is 32.1 Å². The average Bonchev–Trinajstić information content (AvgIpc) is 3.07. The Morgan fingerprint density at radius 3 is 2.85 bits per heavy atom. The Bertz CT molecular complexity index is 933. The maximum absolute atomic E-state index is 4.62. The van der Waals surface area contributed by atoms with Crippen molar-refractivity contribution < 1.29 is 0 Å². The van der Waals surface area contributed by atoms with Gasteiger partial charge in [-0.15, -0.1) is 0 Å². The number of para-hydroxylation sites is 1. The monoisotopic (exact) mass is 364 g/mol. The van der Waals surface area contributed by atoms with E-state index in [0.717, 1.165) is 29.8 Å². The van der Waals surface area contributed by atoms with E-state index >= 15 is 0 Å². The van der Waals surface area contributed by atoms with Gasteiger partial charge < -0.3 is 4.90 Å². The summed E-state index contributed by atoms with van der Waals surface area (Å²) in [5, 5.41) is 5.53. The second kappa shape index (κ2) is 7.27. The number of rotatable bonds is 4. The molecule has 0 aliphatic carbocycles. The normalized spacial score (nSPS) is 20.9. The quantitative estimate of drug-likeness (QED) is 0.712. The van der Waals surface area contributed by atoms with E-state index in [1.165, 1.54) is 24.0 Å². The zero-order valence-electron chi connectivity index (χ0n) is 16.6. The zero-order chi connectivity index (χ0) is 19.0. The first-order chi connectivity index (χ1) is 13.0. The number of nitrogens with zero attached hydrogens (tertiary/aromatic N) is 6. The maximum atomic E-state index is 4.62. The highest BCUT2D eigenvalue weighted by molar-refractivity contribution is 5.91. The van der Waals surface area contributed by atoms with Crippen LogP contribution in [-0.4, -0.2) is 51.8 Å². The predicted octanol–water partition coefficient (Wildman–Crippen LogP) is 3.19. The molecular formula is C21H28N6. The highest BCUT2D eigenvalue weighted by Gasteiger charge is 2.32. The molecule has 6 heteroatoms. The standard InChI is InChI=1S/C21H28N6/c1-15-7-5-9-18-19(15)22-14-23-21(18)26(3)12-16-8-6-10-25(2)20(16)17-11-24-27(4)13-17/h5,7,9,11,13-14,16,20H,6,8,10,12H2,1-4H3/t16-,20+/m0/s1. The lowest BCUT2D eigenvalue weighted by atomic mass is 9.85. The van der Waals surface area contributed by atoms with Gasteiger partial charge in [-0.3, -0.25) is 9.58 Å². The first-order valence-corrected chi connectivity index (χ1v) is 9.65. The number of anilines is 1. The topological polar surface area (TPSA) is 50.1 Å². The summed E-state index contributed by atoms with van der Waals surface area (Å²) in [4.78, 5) is 13.9. The van der Waals surface area contributed by atoms with Gasteiger partial charge in [-0.25, -0.2) is 9.97 Å². The van der Waals surface area contributed by atoms with Crippen LogP contribution in [0.5, 0.6) is 0 Å². The van der Waals surface area contributed by atoms with E-state index in [1.807, 2.05) is 17.9 Å². The van der Waals surface area contributed by atoms with E-state index in [4.69, 9.17) is 0 Å². The van der Waals surface area contributed by atoms with Gasteiger partial charge in [0, 0.05) is 43.8 Å². The van der Waals surface area contributed by atoms with Crippen LogP contribution in [0.2, 0.25) is 0 Å². The van der Waals surface area contributed by atoms with E-state index in [0.29, 0.717) is 12.0 Å². The second-order valence-corrected chi connectivity index (χ2v) is 7.82. The van der Waals surface area contributed by atoms with Crippen molar-refractivity contribution >= 4 is 16.7 Å². The van der Waals surface area contributed by atoms with Gasteiger partial charge in [0.25, 0.3) is 0 Å². The maximum Gasteiger partial charge on any atom is 0.139 e. The number of hydrogen-bond acceptors (Lipinski definition) is 5. The molecule has 0 radical (unpaired) electrons. The molecule has 0 bridgehead atoms. The van der Waals surface area contributed by atoms with Gasteiger partial charge in [0.05, 0.1) is 11.7 Å². The molecule has 6 nitrogen and oxygen atoms in total. The van der Waals surface area contributed by atoms with Crippen molar-refractivity contribution in [1.29, 1.82) is 0 Å². The van der Waals surface area contributed by atoms with Crippen LogP contribution in [-0.2, 0) is 7.05 Å². The Labute approximate surface area is 160 Å². The van der Waals surface area contributed by atoms with Crippen molar-refractivity contribution in [2.45, 2.75) is 25.8 Å². The van der Waals surface area contributed by atoms with Crippen LogP contribution in [0.4, 0.5) is 5.82 Å². The smallest absolute Gasteiger partial charge is 0.139 e. The number of hydrogen-bond donors (Lipinski definition) is 0. The zero-order valence-corrected chi connectivity index (χ0v) is 16.6. The number of benzene rings is 1. The van der Waals surface area contributed by atoms with Crippen LogP contribution in [0.15, 0.2) is 36.9 Å². The lowest BCUT2D eigenvalue weighted by molar-refractivity contribution is 0.124. The molecular weight excluding hydrogens is 336 g/mol. The summed E-state index contributed by atoms with van der Waals surface area (Å²) in [6, 6.07) is 6.71. The molecule has 1 aliphatic rings. The first-order valence-electron chi connectivity index (χ1n) is 9.65. The van der Waals surface area contributed by atoms with Crippen LogP contribution in [0.1, 0.15) is 30.0 Å². The van der Waals surface area contributed by atoms with Gasteiger partial charge in [0.1, 0.15) is 12.1 Å². The summed E-state index contributed by atoms with van der Waals surface area (Å²) >= 11 is 0. The molecule has 0 unspecified atom stereocenters. The lowest BCUT2D eigenvalue weighted by Gasteiger charge is -2.40. The molecule has 3 aromatic rings. The van der Waals surface area contributed by atoms with Crippen molar-refractivity contribution in [1.82, 2.24) is 24.6 Å². The molecule has 1 aliphatic heterocycles. The number of aromatic nitrogens is 4. The van der Waals surface area contributed by atoms with E-state index in [-0.39, 0.29) is 0 Å². The molecule has 1 saturated heterocycles.